The van der Waals surface area contributed by atoms with E-state index in [0.29, 0.717) is 20.6 Å². The van der Waals surface area contributed by atoms with Crippen molar-refractivity contribution in [2.24, 2.45) is 0 Å². The second kappa shape index (κ2) is 8.64. The summed E-state index contributed by atoms with van der Waals surface area (Å²) in [6.07, 6.45) is 1.53. The van der Waals surface area contributed by atoms with Crippen LogP contribution in [0.15, 0.2) is 50.2 Å². The molecule has 2 amide bonds. The summed E-state index contributed by atoms with van der Waals surface area (Å²) in [5.74, 6) is -0.747. The lowest BCUT2D eigenvalue weighted by molar-refractivity contribution is -0.126. The van der Waals surface area contributed by atoms with E-state index in [1.165, 1.54) is 23.1 Å². The quantitative estimate of drug-likeness (QED) is 0.299. The van der Waals surface area contributed by atoms with Crippen molar-refractivity contribution in [1.82, 2.24) is 4.90 Å². The third kappa shape index (κ3) is 4.75. The molecule has 0 aromatic heterocycles. The van der Waals surface area contributed by atoms with Crippen molar-refractivity contribution in [2.45, 2.75) is 0 Å². The number of nitrogens with one attached hydrogen (secondary N) is 1. The van der Waals surface area contributed by atoms with Crippen LogP contribution in [0.4, 0.5) is 5.69 Å². The van der Waals surface area contributed by atoms with Crippen molar-refractivity contribution < 1.29 is 19.8 Å². The van der Waals surface area contributed by atoms with Crippen molar-refractivity contribution in [3.05, 3.63) is 55.8 Å². The molecule has 1 saturated heterocycles. The molecule has 28 heavy (non-hydrogen) atoms. The minimum atomic E-state index is -0.420. The highest BCUT2D eigenvalue weighted by Crippen LogP contribution is 2.37. The first-order valence-corrected chi connectivity index (χ1v) is 10.6. The van der Waals surface area contributed by atoms with E-state index < -0.39 is 11.8 Å². The van der Waals surface area contributed by atoms with Gasteiger partial charge in [-0.1, -0.05) is 39.9 Å². The smallest absolute Gasteiger partial charge is 0.266 e. The third-order valence-electron chi connectivity index (χ3n) is 3.67. The number of nitrogens with zero attached hydrogens (tertiary/aromatic N) is 1. The number of carbonyl (C=O) groups excluding carboxylic acids is 2. The summed E-state index contributed by atoms with van der Waals surface area (Å²) in [4.78, 5) is 26.4. The zero-order valence-electron chi connectivity index (χ0n) is 14.0. The number of benzene rings is 2. The fourth-order valence-corrected chi connectivity index (χ4v) is 4.87. The number of thiocarbonyl (C=S) groups is 1. The van der Waals surface area contributed by atoms with E-state index in [-0.39, 0.29) is 22.4 Å². The van der Waals surface area contributed by atoms with Crippen molar-refractivity contribution >= 4 is 83.7 Å². The van der Waals surface area contributed by atoms with Gasteiger partial charge in [-0.15, -0.1) is 0 Å². The van der Waals surface area contributed by atoms with Crippen molar-refractivity contribution in [2.75, 3.05) is 11.9 Å². The first kappa shape index (κ1) is 20.8. The number of hydrogen-bond acceptors (Lipinski definition) is 6. The highest BCUT2D eigenvalue weighted by atomic mass is 79.9. The van der Waals surface area contributed by atoms with Gasteiger partial charge in [0.1, 0.15) is 22.4 Å². The Morgan fingerprint density at radius 2 is 1.89 bits per heavy atom. The highest BCUT2D eigenvalue weighted by molar-refractivity contribution is 9.11. The molecule has 0 spiro atoms. The largest absolute Gasteiger partial charge is 0.508 e. The Morgan fingerprint density at radius 3 is 2.57 bits per heavy atom. The Morgan fingerprint density at radius 1 is 1.21 bits per heavy atom. The number of phenolic OH excluding ortho intramolecular Hbond substituents is 2. The Balaban J connectivity index is 1.74. The first-order valence-electron chi connectivity index (χ1n) is 7.77. The Bertz CT molecular complexity index is 1010. The number of hydrogen-bond donors (Lipinski definition) is 3. The van der Waals surface area contributed by atoms with Crippen molar-refractivity contribution in [3.8, 4) is 11.5 Å². The van der Waals surface area contributed by atoms with Crippen LogP contribution in [-0.4, -0.2) is 37.8 Å². The van der Waals surface area contributed by atoms with Crippen molar-refractivity contribution in [1.29, 1.82) is 0 Å². The maximum atomic E-state index is 12.7. The van der Waals surface area contributed by atoms with Crippen LogP contribution in [0, 0.1) is 0 Å². The van der Waals surface area contributed by atoms with Gasteiger partial charge in [0.2, 0.25) is 5.91 Å². The molecule has 3 rings (SSSR count). The van der Waals surface area contributed by atoms with Crippen LogP contribution in [-0.2, 0) is 9.59 Å². The number of thioether (sulfide) groups is 1. The van der Waals surface area contributed by atoms with E-state index in [2.05, 4.69) is 37.2 Å². The van der Waals surface area contributed by atoms with E-state index in [0.717, 1.165) is 16.2 Å². The molecule has 0 atom stereocenters. The van der Waals surface area contributed by atoms with Gasteiger partial charge < -0.3 is 15.5 Å². The van der Waals surface area contributed by atoms with Gasteiger partial charge in [0.15, 0.2) is 0 Å². The zero-order chi connectivity index (χ0) is 20.4. The van der Waals surface area contributed by atoms with Crippen LogP contribution < -0.4 is 5.32 Å². The fraction of sp³-hybridized carbons (Fsp3) is 0.0556. The molecule has 0 unspecified atom stereocenters. The van der Waals surface area contributed by atoms with E-state index in [1.807, 2.05) is 0 Å². The summed E-state index contributed by atoms with van der Waals surface area (Å²) >= 11 is 12.9. The van der Waals surface area contributed by atoms with Gasteiger partial charge in [-0.2, -0.15) is 0 Å². The van der Waals surface area contributed by atoms with Gasteiger partial charge in [-0.3, -0.25) is 14.5 Å². The summed E-state index contributed by atoms with van der Waals surface area (Å²) in [5, 5.41) is 22.1. The first-order chi connectivity index (χ1) is 13.2. The number of rotatable bonds is 4. The molecule has 0 saturated carbocycles. The number of carbonyl (C=O) groups is 2. The molecular formula is C18H12Br2N2O4S2. The van der Waals surface area contributed by atoms with E-state index in [9.17, 15) is 19.8 Å². The summed E-state index contributed by atoms with van der Waals surface area (Å²) in [6, 6.07) is 9.34. The summed E-state index contributed by atoms with van der Waals surface area (Å²) in [7, 11) is 0. The van der Waals surface area contributed by atoms with E-state index >= 15 is 0 Å². The Labute approximate surface area is 186 Å². The number of amides is 2. The molecule has 1 fully saturated rings. The number of phenols is 2. The standard InChI is InChI=1S/C18H12Br2N2O4S2/c19-10-5-9(16(25)13(20)7-10)6-14-17(26)22(18(27)28-14)8-15(24)21-11-1-3-12(23)4-2-11/h1-7,23,25H,8H2,(H,21,24)/b14-6-. The molecule has 144 valence electrons. The second-order valence-corrected chi connectivity index (χ2v) is 9.13. The number of halogens is 2. The Kier molecular flexibility index (Phi) is 6.43. The predicted molar refractivity (Wildman–Crippen MR) is 120 cm³/mol. The molecule has 1 aliphatic rings. The lowest BCUT2D eigenvalue weighted by Gasteiger charge is -2.14. The summed E-state index contributed by atoms with van der Waals surface area (Å²) in [6.45, 7) is -0.239. The SMILES string of the molecule is O=C(CN1C(=O)/C(=C/c2cc(Br)cc(Br)c2O)SC1=S)Nc1ccc(O)cc1. The second-order valence-electron chi connectivity index (χ2n) is 5.69. The Hall–Kier alpha value is -1.88. The molecule has 0 aliphatic carbocycles. The monoisotopic (exact) mass is 542 g/mol. The minimum absolute atomic E-state index is 0.00135. The topological polar surface area (TPSA) is 89.9 Å². The molecule has 3 N–H and O–H groups in total. The molecule has 0 bridgehead atoms. The predicted octanol–water partition coefficient (Wildman–Crippen LogP) is 4.46. The molecule has 1 heterocycles. The van der Waals surface area contributed by atoms with Gasteiger partial charge in [0, 0.05) is 15.7 Å². The summed E-state index contributed by atoms with van der Waals surface area (Å²) in [5.41, 5.74) is 0.933. The van der Waals surface area contributed by atoms with Crippen LogP contribution in [0.3, 0.4) is 0 Å². The van der Waals surface area contributed by atoms with Gasteiger partial charge in [0.25, 0.3) is 5.91 Å². The van der Waals surface area contributed by atoms with Gasteiger partial charge in [0.05, 0.1) is 9.38 Å². The fourth-order valence-electron chi connectivity index (χ4n) is 2.36. The normalized spacial score (nSPS) is 15.4. The van der Waals surface area contributed by atoms with Gasteiger partial charge >= 0.3 is 0 Å². The van der Waals surface area contributed by atoms with Crippen LogP contribution >= 0.6 is 55.8 Å². The molecule has 2 aromatic carbocycles. The third-order valence-corrected chi connectivity index (χ3v) is 6.11. The van der Waals surface area contributed by atoms with Gasteiger partial charge in [-0.25, -0.2) is 0 Å². The number of anilines is 1. The molecule has 6 nitrogen and oxygen atoms in total. The van der Waals surface area contributed by atoms with Gasteiger partial charge in [-0.05, 0) is 58.4 Å². The molecule has 1 aliphatic heterocycles. The highest BCUT2D eigenvalue weighted by Gasteiger charge is 2.33. The van der Waals surface area contributed by atoms with Crippen molar-refractivity contribution in [3.63, 3.8) is 0 Å². The minimum Gasteiger partial charge on any atom is -0.508 e. The number of aromatic hydroxyl groups is 2. The lowest BCUT2D eigenvalue weighted by Crippen LogP contribution is -2.36. The molecular weight excluding hydrogens is 532 g/mol. The van der Waals surface area contributed by atoms with E-state index in [4.69, 9.17) is 12.2 Å². The average molecular weight is 544 g/mol. The molecule has 10 heteroatoms. The summed E-state index contributed by atoms with van der Waals surface area (Å²) < 4.78 is 1.47. The maximum Gasteiger partial charge on any atom is 0.266 e. The van der Waals surface area contributed by atoms with Crippen LogP contribution in [0.2, 0.25) is 0 Å². The van der Waals surface area contributed by atoms with E-state index in [1.54, 1.807) is 24.3 Å². The zero-order valence-corrected chi connectivity index (χ0v) is 18.8. The lowest BCUT2D eigenvalue weighted by atomic mass is 10.2. The van der Waals surface area contributed by atoms with Crippen LogP contribution in [0.5, 0.6) is 11.5 Å². The van der Waals surface area contributed by atoms with Crippen LogP contribution in [0.25, 0.3) is 6.08 Å². The average Bonchev–Trinajstić information content (AvgIpc) is 2.88. The molecule has 2 aromatic rings. The maximum absolute atomic E-state index is 12.7. The molecule has 0 radical (unpaired) electrons. The van der Waals surface area contributed by atoms with Crippen LogP contribution in [0.1, 0.15) is 5.56 Å².